The Hall–Kier alpha value is -2.30. The third-order valence-electron chi connectivity index (χ3n) is 3.55. The summed E-state index contributed by atoms with van der Waals surface area (Å²) in [5, 5.41) is 1.40. The zero-order valence-electron chi connectivity index (χ0n) is 12.9. The minimum absolute atomic E-state index is 0.0983. The number of aryl methyl sites for hydroxylation is 2. The SMILES string of the molecule is Cc1cc(Cl)ccc1OC(=O)c1cc(=O)oc2c(C)cc(Cl)cc12. The lowest BCUT2D eigenvalue weighted by Crippen LogP contribution is -2.13. The topological polar surface area (TPSA) is 56.5 Å². The summed E-state index contributed by atoms with van der Waals surface area (Å²) in [7, 11) is 0. The third kappa shape index (κ3) is 3.16. The average Bonchev–Trinajstić information content (AvgIpc) is 2.50. The van der Waals surface area contributed by atoms with Crippen LogP contribution in [0.15, 0.2) is 45.6 Å². The fraction of sp³-hybridized carbons (Fsp3) is 0.111. The van der Waals surface area contributed by atoms with E-state index in [1.807, 2.05) is 0 Å². The first-order valence-corrected chi connectivity index (χ1v) is 7.83. The maximum Gasteiger partial charge on any atom is 0.344 e. The van der Waals surface area contributed by atoms with Crippen LogP contribution in [0.1, 0.15) is 21.5 Å². The fourth-order valence-electron chi connectivity index (χ4n) is 2.44. The maximum absolute atomic E-state index is 12.6. The first-order chi connectivity index (χ1) is 11.3. The molecule has 0 bridgehead atoms. The maximum atomic E-state index is 12.6. The Kier molecular flexibility index (Phi) is 4.35. The third-order valence-corrected chi connectivity index (χ3v) is 4.01. The van der Waals surface area contributed by atoms with Gasteiger partial charge >= 0.3 is 11.6 Å². The summed E-state index contributed by atoms with van der Waals surface area (Å²) >= 11 is 12.0. The monoisotopic (exact) mass is 362 g/mol. The first kappa shape index (κ1) is 16.6. The molecule has 0 saturated carbocycles. The van der Waals surface area contributed by atoms with Gasteiger partial charge in [-0.1, -0.05) is 23.2 Å². The first-order valence-electron chi connectivity index (χ1n) is 7.07. The molecule has 0 atom stereocenters. The molecule has 0 N–H and O–H groups in total. The molecule has 6 heteroatoms. The van der Waals surface area contributed by atoms with Gasteiger partial charge in [0.25, 0.3) is 0 Å². The van der Waals surface area contributed by atoms with E-state index >= 15 is 0 Å². The lowest BCUT2D eigenvalue weighted by molar-refractivity contribution is 0.0735. The molecule has 1 aromatic heterocycles. The molecule has 4 nitrogen and oxygen atoms in total. The van der Waals surface area contributed by atoms with Gasteiger partial charge in [-0.25, -0.2) is 9.59 Å². The van der Waals surface area contributed by atoms with Crippen LogP contribution in [0.5, 0.6) is 5.75 Å². The van der Waals surface area contributed by atoms with E-state index in [1.54, 1.807) is 44.2 Å². The summed E-state index contributed by atoms with van der Waals surface area (Å²) < 4.78 is 10.6. The van der Waals surface area contributed by atoms with Crippen LogP contribution in [0.3, 0.4) is 0 Å². The van der Waals surface area contributed by atoms with Crippen LogP contribution in [0, 0.1) is 13.8 Å². The van der Waals surface area contributed by atoms with Crippen LogP contribution < -0.4 is 10.4 Å². The lowest BCUT2D eigenvalue weighted by Gasteiger charge is -2.10. The van der Waals surface area contributed by atoms with Gasteiger partial charge in [0, 0.05) is 21.5 Å². The minimum Gasteiger partial charge on any atom is -0.423 e. The zero-order chi connectivity index (χ0) is 17.4. The standard InChI is InChI=1S/C18H12Cl2O4/c1-9-5-11(19)3-4-15(9)23-18(22)14-8-16(21)24-17-10(2)6-12(20)7-13(14)17/h3-8H,1-2H3. The van der Waals surface area contributed by atoms with Gasteiger partial charge in [0.1, 0.15) is 11.3 Å². The number of rotatable bonds is 2. The summed E-state index contributed by atoms with van der Waals surface area (Å²) in [6, 6.07) is 9.23. The van der Waals surface area contributed by atoms with Gasteiger partial charge in [-0.3, -0.25) is 0 Å². The molecule has 0 aliphatic carbocycles. The Labute approximate surface area is 147 Å². The number of carbonyl (C=O) groups excluding carboxylic acids is 1. The summed E-state index contributed by atoms with van der Waals surface area (Å²) in [6.45, 7) is 3.52. The van der Waals surface area contributed by atoms with Gasteiger partial charge in [-0.05, 0) is 55.3 Å². The van der Waals surface area contributed by atoms with Crippen molar-refractivity contribution in [1.82, 2.24) is 0 Å². The van der Waals surface area contributed by atoms with Gasteiger partial charge in [0.2, 0.25) is 0 Å². The van der Waals surface area contributed by atoms with Crippen molar-refractivity contribution < 1.29 is 13.9 Å². The number of benzene rings is 2. The van der Waals surface area contributed by atoms with E-state index in [0.29, 0.717) is 37.9 Å². The molecule has 0 saturated heterocycles. The lowest BCUT2D eigenvalue weighted by atomic mass is 10.1. The van der Waals surface area contributed by atoms with E-state index in [-0.39, 0.29) is 5.56 Å². The highest BCUT2D eigenvalue weighted by Crippen LogP contribution is 2.27. The van der Waals surface area contributed by atoms with Crippen molar-refractivity contribution in [2.24, 2.45) is 0 Å². The van der Waals surface area contributed by atoms with Crippen molar-refractivity contribution in [2.75, 3.05) is 0 Å². The summed E-state index contributed by atoms with van der Waals surface area (Å²) in [4.78, 5) is 24.3. The van der Waals surface area contributed by atoms with Gasteiger partial charge in [0.05, 0.1) is 5.56 Å². The van der Waals surface area contributed by atoms with Crippen LogP contribution >= 0.6 is 23.2 Å². The molecular weight excluding hydrogens is 351 g/mol. The van der Waals surface area contributed by atoms with Crippen LogP contribution in [0.25, 0.3) is 11.0 Å². The number of hydrogen-bond donors (Lipinski definition) is 0. The molecule has 24 heavy (non-hydrogen) atoms. The normalized spacial score (nSPS) is 10.8. The molecule has 3 rings (SSSR count). The zero-order valence-corrected chi connectivity index (χ0v) is 14.4. The highest BCUT2D eigenvalue weighted by molar-refractivity contribution is 6.31. The fourth-order valence-corrected chi connectivity index (χ4v) is 2.94. The highest BCUT2D eigenvalue weighted by atomic mass is 35.5. The molecule has 0 unspecified atom stereocenters. The van der Waals surface area contributed by atoms with E-state index < -0.39 is 11.6 Å². The average molecular weight is 363 g/mol. The van der Waals surface area contributed by atoms with E-state index in [0.717, 1.165) is 6.07 Å². The Morgan fingerprint density at radius 3 is 2.42 bits per heavy atom. The van der Waals surface area contributed by atoms with E-state index in [2.05, 4.69) is 0 Å². The molecular formula is C18H12Cl2O4. The predicted octanol–water partition coefficient (Wildman–Crippen LogP) is 4.94. The molecule has 1 heterocycles. The number of halogens is 2. The second-order valence-electron chi connectivity index (χ2n) is 5.38. The molecule has 122 valence electrons. The molecule has 0 aliphatic rings. The Morgan fingerprint density at radius 2 is 1.71 bits per heavy atom. The Bertz CT molecular complexity index is 1020. The van der Waals surface area contributed by atoms with Crippen LogP contribution in [-0.2, 0) is 0 Å². The largest absolute Gasteiger partial charge is 0.423 e. The molecule has 0 fully saturated rings. The van der Waals surface area contributed by atoms with Crippen molar-refractivity contribution in [3.63, 3.8) is 0 Å². The number of carbonyl (C=O) groups is 1. The number of esters is 1. The van der Waals surface area contributed by atoms with Crippen molar-refractivity contribution in [3.05, 3.63) is 73.6 Å². The van der Waals surface area contributed by atoms with Gasteiger partial charge in [-0.2, -0.15) is 0 Å². The molecule has 0 aliphatic heterocycles. The summed E-state index contributed by atoms with van der Waals surface area (Å²) in [5.41, 5.74) is 1.14. The number of ether oxygens (including phenoxy) is 1. The van der Waals surface area contributed by atoms with E-state index in [9.17, 15) is 9.59 Å². The Balaban J connectivity index is 2.11. The smallest absolute Gasteiger partial charge is 0.344 e. The summed E-state index contributed by atoms with van der Waals surface area (Å²) in [5.74, 6) is -0.301. The molecule has 0 radical (unpaired) electrons. The van der Waals surface area contributed by atoms with Gasteiger partial charge in [0.15, 0.2) is 0 Å². The molecule has 0 amide bonds. The van der Waals surface area contributed by atoms with Gasteiger partial charge in [-0.15, -0.1) is 0 Å². The molecule has 0 spiro atoms. The minimum atomic E-state index is -0.667. The van der Waals surface area contributed by atoms with Crippen LogP contribution in [0.2, 0.25) is 10.0 Å². The van der Waals surface area contributed by atoms with E-state index in [4.69, 9.17) is 32.4 Å². The molecule has 2 aromatic carbocycles. The van der Waals surface area contributed by atoms with Crippen LogP contribution in [0.4, 0.5) is 0 Å². The van der Waals surface area contributed by atoms with Crippen molar-refractivity contribution in [3.8, 4) is 5.75 Å². The molecule has 3 aromatic rings. The van der Waals surface area contributed by atoms with Crippen LogP contribution in [-0.4, -0.2) is 5.97 Å². The predicted molar refractivity (Wildman–Crippen MR) is 93.4 cm³/mol. The van der Waals surface area contributed by atoms with Crippen molar-refractivity contribution in [2.45, 2.75) is 13.8 Å². The van der Waals surface area contributed by atoms with E-state index in [1.165, 1.54) is 0 Å². The van der Waals surface area contributed by atoms with Crippen molar-refractivity contribution in [1.29, 1.82) is 0 Å². The quantitative estimate of drug-likeness (QED) is 0.368. The van der Waals surface area contributed by atoms with Gasteiger partial charge < -0.3 is 9.15 Å². The number of fused-ring (bicyclic) bond motifs is 1. The summed E-state index contributed by atoms with van der Waals surface area (Å²) in [6.07, 6.45) is 0. The number of hydrogen-bond acceptors (Lipinski definition) is 4. The second-order valence-corrected chi connectivity index (χ2v) is 6.25. The highest BCUT2D eigenvalue weighted by Gasteiger charge is 2.18. The Morgan fingerprint density at radius 1 is 1.00 bits per heavy atom. The second kappa shape index (κ2) is 6.30. The van der Waals surface area contributed by atoms with Crippen molar-refractivity contribution >= 4 is 40.1 Å².